The molecule has 0 atom stereocenters. The second-order valence-electron chi connectivity index (χ2n) is 6.23. The summed E-state index contributed by atoms with van der Waals surface area (Å²) in [4.78, 5) is 8.74. The third-order valence-corrected chi connectivity index (χ3v) is 4.34. The van der Waals surface area contributed by atoms with Crippen LogP contribution in [0.1, 0.15) is 17.1 Å². The molecular formula is C22H19N3O2. The van der Waals surface area contributed by atoms with Gasteiger partial charge in [-0.1, -0.05) is 36.4 Å². The average molecular weight is 357 g/mol. The average Bonchev–Trinajstić information content (AvgIpc) is 3.11. The van der Waals surface area contributed by atoms with E-state index in [-0.39, 0.29) is 5.75 Å². The zero-order valence-electron chi connectivity index (χ0n) is 14.9. The van der Waals surface area contributed by atoms with Crippen LogP contribution in [0.5, 0.6) is 11.5 Å². The number of benzene rings is 2. The lowest BCUT2D eigenvalue weighted by atomic mass is 10.1. The summed E-state index contributed by atoms with van der Waals surface area (Å²) in [6.45, 7) is 0.434. The zero-order valence-corrected chi connectivity index (χ0v) is 14.9. The Morgan fingerprint density at radius 2 is 1.89 bits per heavy atom. The van der Waals surface area contributed by atoms with Gasteiger partial charge in [0.2, 0.25) is 0 Å². The number of aromatic nitrogens is 3. The van der Waals surface area contributed by atoms with Crippen molar-refractivity contribution in [2.24, 2.45) is 7.05 Å². The topological polar surface area (TPSA) is 60.2 Å². The normalized spacial score (nSPS) is 11.3. The molecule has 0 fully saturated rings. The Kier molecular flexibility index (Phi) is 4.58. The maximum Gasteiger partial charge on any atom is 0.146 e. The SMILES string of the molecule is Cn1ccnc1COc1ccc(C=Cc2ccc3cccc(O)c3n2)cc1. The number of nitrogens with zero attached hydrogens (tertiary/aromatic N) is 3. The molecule has 0 aliphatic rings. The summed E-state index contributed by atoms with van der Waals surface area (Å²) in [7, 11) is 1.94. The smallest absolute Gasteiger partial charge is 0.146 e. The van der Waals surface area contributed by atoms with Crippen molar-refractivity contribution in [3.05, 3.63) is 84.1 Å². The van der Waals surface area contributed by atoms with E-state index in [9.17, 15) is 5.11 Å². The van der Waals surface area contributed by atoms with Gasteiger partial charge in [0.05, 0.1) is 5.69 Å². The van der Waals surface area contributed by atoms with Crippen LogP contribution >= 0.6 is 0 Å². The van der Waals surface area contributed by atoms with Crippen molar-refractivity contribution in [1.82, 2.24) is 14.5 Å². The Labute approximate surface area is 157 Å². The number of imidazole rings is 1. The number of para-hydroxylation sites is 1. The monoisotopic (exact) mass is 357 g/mol. The molecule has 0 aliphatic carbocycles. The second kappa shape index (κ2) is 7.33. The molecule has 0 aliphatic heterocycles. The Bertz CT molecular complexity index is 1100. The molecule has 4 rings (SSSR count). The molecule has 0 amide bonds. The summed E-state index contributed by atoms with van der Waals surface area (Å²) in [5.74, 6) is 1.87. The zero-order chi connectivity index (χ0) is 18.6. The highest BCUT2D eigenvalue weighted by molar-refractivity contribution is 5.85. The van der Waals surface area contributed by atoms with E-state index >= 15 is 0 Å². The van der Waals surface area contributed by atoms with E-state index in [1.165, 1.54) is 0 Å². The lowest BCUT2D eigenvalue weighted by molar-refractivity contribution is 0.292. The molecule has 27 heavy (non-hydrogen) atoms. The molecule has 5 heteroatoms. The number of phenolic OH excluding ortho intramolecular Hbond substituents is 1. The minimum Gasteiger partial charge on any atom is -0.506 e. The first-order valence-electron chi connectivity index (χ1n) is 8.65. The highest BCUT2D eigenvalue weighted by Crippen LogP contribution is 2.23. The Morgan fingerprint density at radius 1 is 1.04 bits per heavy atom. The fourth-order valence-electron chi connectivity index (χ4n) is 2.78. The molecule has 4 aromatic rings. The highest BCUT2D eigenvalue weighted by Gasteiger charge is 2.02. The van der Waals surface area contributed by atoms with Gasteiger partial charge in [-0.05, 0) is 35.9 Å². The van der Waals surface area contributed by atoms with E-state index in [4.69, 9.17) is 4.74 Å². The van der Waals surface area contributed by atoms with E-state index in [0.29, 0.717) is 12.1 Å². The van der Waals surface area contributed by atoms with E-state index in [2.05, 4.69) is 9.97 Å². The van der Waals surface area contributed by atoms with Gasteiger partial charge < -0.3 is 14.4 Å². The second-order valence-corrected chi connectivity index (χ2v) is 6.23. The standard InChI is InChI=1S/C22H19N3O2/c1-25-14-13-23-21(25)15-27-19-11-6-16(7-12-19)5-9-18-10-8-17-3-2-4-20(26)22(17)24-18/h2-14,26H,15H2,1H3. The van der Waals surface area contributed by atoms with Crippen LogP contribution in [0, 0.1) is 0 Å². The van der Waals surface area contributed by atoms with Crippen molar-refractivity contribution < 1.29 is 9.84 Å². The number of phenols is 1. The van der Waals surface area contributed by atoms with Crippen molar-refractivity contribution >= 4 is 23.1 Å². The molecule has 5 nitrogen and oxygen atoms in total. The maximum absolute atomic E-state index is 9.94. The fraction of sp³-hybridized carbons (Fsp3) is 0.0909. The largest absolute Gasteiger partial charge is 0.506 e. The molecule has 0 radical (unpaired) electrons. The summed E-state index contributed by atoms with van der Waals surface area (Å²) in [6.07, 6.45) is 7.56. The first kappa shape index (κ1) is 16.8. The van der Waals surface area contributed by atoms with Crippen LogP contribution in [0.3, 0.4) is 0 Å². The molecule has 0 bridgehead atoms. The van der Waals surface area contributed by atoms with Gasteiger partial charge in [0.15, 0.2) is 0 Å². The van der Waals surface area contributed by atoms with Crippen molar-refractivity contribution in [3.8, 4) is 11.5 Å². The summed E-state index contributed by atoms with van der Waals surface area (Å²) in [6, 6.07) is 17.1. The van der Waals surface area contributed by atoms with Crippen LogP contribution in [-0.2, 0) is 13.7 Å². The third kappa shape index (κ3) is 3.82. The van der Waals surface area contributed by atoms with Crippen LogP contribution < -0.4 is 4.74 Å². The Balaban J connectivity index is 1.45. The summed E-state index contributed by atoms with van der Waals surface area (Å²) < 4.78 is 7.70. The van der Waals surface area contributed by atoms with Crippen LogP contribution in [0.4, 0.5) is 0 Å². The summed E-state index contributed by atoms with van der Waals surface area (Å²) in [5, 5.41) is 10.9. The van der Waals surface area contributed by atoms with Gasteiger partial charge in [-0.3, -0.25) is 0 Å². The number of aromatic hydroxyl groups is 1. The Morgan fingerprint density at radius 3 is 2.67 bits per heavy atom. The quantitative estimate of drug-likeness (QED) is 0.574. The van der Waals surface area contributed by atoms with Gasteiger partial charge in [-0.15, -0.1) is 0 Å². The molecule has 134 valence electrons. The van der Waals surface area contributed by atoms with E-state index in [1.807, 2.05) is 78.5 Å². The number of aryl methyl sites for hydroxylation is 1. The van der Waals surface area contributed by atoms with Gasteiger partial charge in [-0.25, -0.2) is 9.97 Å². The fourth-order valence-corrected chi connectivity index (χ4v) is 2.78. The maximum atomic E-state index is 9.94. The molecule has 2 heterocycles. The summed E-state index contributed by atoms with van der Waals surface area (Å²) >= 11 is 0. The van der Waals surface area contributed by atoms with Crippen LogP contribution in [0.25, 0.3) is 23.1 Å². The van der Waals surface area contributed by atoms with Crippen molar-refractivity contribution in [1.29, 1.82) is 0 Å². The number of pyridine rings is 1. The van der Waals surface area contributed by atoms with E-state index in [0.717, 1.165) is 28.2 Å². The van der Waals surface area contributed by atoms with Gasteiger partial charge in [-0.2, -0.15) is 0 Å². The van der Waals surface area contributed by atoms with Crippen molar-refractivity contribution in [2.75, 3.05) is 0 Å². The molecular weight excluding hydrogens is 338 g/mol. The first-order chi connectivity index (χ1) is 13.2. The van der Waals surface area contributed by atoms with Crippen molar-refractivity contribution in [2.45, 2.75) is 6.61 Å². The number of ether oxygens (including phenoxy) is 1. The lowest BCUT2D eigenvalue weighted by Crippen LogP contribution is -2.02. The number of rotatable bonds is 5. The predicted molar refractivity (Wildman–Crippen MR) is 106 cm³/mol. The van der Waals surface area contributed by atoms with E-state index in [1.54, 1.807) is 12.3 Å². The number of fused-ring (bicyclic) bond motifs is 1. The number of hydrogen-bond acceptors (Lipinski definition) is 4. The summed E-state index contributed by atoms with van der Waals surface area (Å²) in [5.41, 5.74) is 2.44. The van der Waals surface area contributed by atoms with Gasteiger partial charge >= 0.3 is 0 Å². The van der Waals surface area contributed by atoms with Gasteiger partial charge in [0.1, 0.15) is 29.4 Å². The molecule has 1 N–H and O–H groups in total. The molecule has 0 saturated heterocycles. The van der Waals surface area contributed by atoms with E-state index < -0.39 is 0 Å². The minimum absolute atomic E-state index is 0.192. The molecule has 0 spiro atoms. The van der Waals surface area contributed by atoms with Gasteiger partial charge in [0.25, 0.3) is 0 Å². The Hall–Kier alpha value is -3.60. The number of hydrogen-bond donors (Lipinski definition) is 1. The lowest BCUT2D eigenvalue weighted by Gasteiger charge is -2.06. The van der Waals surface area contributed by atoms with Crippen LogP contribution in [0.2, 0.25) is 0 Å². The highest BCUT2D eigenvalue weighted by atomic mass is 16.5. The van der Waals surface area contributed by atoms with Crippen LogP contribution in [-0.4, -0.2) is 19.6 Å². The van der Waals surface area contributed by atoms with Crippen molar-refractivity contribution in [3.63, 3.8) is 0 Å². The predicted octanol–water partition coefficient (Wildman–Crippen LogP) is 4.42. The first-order valence-corrected chi connectivity index (χ1v) is 8.65. The molecule has 2 aromatic heterocycles. The molecule has 0 unspecified atom stereocenters. The van der Waals surface area contributed by atoms with Crippen LogP contribution in [0.15, 0.2) is 67.0 Å². The van der Waals surface area contributed by atoms with Gasteiger partial charge in [0, 0.05) is 24.8 Å². The minimum atomic E-state index is 0.192. The molecule has 2 aromatic carbocycles. The third-order valence-electron chi connectivity index (χ3n) is 4.34. The molecule has 0 saturated carbocycles.